The molecule has 266 valence electrons. The monoisotopic (exact) mass is 663 g/mol. The molecule has 3 saturated heterocycles. The first-order valence-corrected chi connectivity index (χ1v) is 17.1. The number of methoxy groups -OCH3 is 1. The van der Waals surface area contributed by atoms with E-state index in [0.717, 1.165) is 5.71 Å². The summed E-state index contributed by atoms with van der Waals surface area (Å²) in [6.07, 6.45) is -1.50. The van der Waals surface area contributed by atoms with Gasteiger partial charge in [-0.05, 0) is 66.5 Å². The molecule has 0 saturated carbocycles. The number of ether oxygens (including phenoxy) is 5. The maximum Gasteiger partial charge on any atom is 0.410 e. The number of amides is 1. The molecule has 13 atom stereocenters. The molecule has 1 N–H and O–H groups in total. The molecule has 4 rings (SSSR count). The lowest BCUT2D eigenvalue weighted by atomic mass is 9.72. The van der Waals surface area contributed by atoms with Crippen LogP contribution < -0.4 is 0 Å². The second kappa shape index (κ2) is 14.6. The molecule has 0 spiro atoms. The maximum absolute atomic E-state index is 14.4. The molecule has 1 amide bonds. The Hall–Kier alpha value is -2.38. The van der Waals surface area contributed by atoms with Gasteiger partial charge in [-0.3, -0.25) is 19.5 Å². The highest BCUT2D eigenvalue weighted by molar-refractivity contribution is 6.00. The van der Waals surface area contributed by atoms with Gasteiger partial charge in [0.1, 0.15) is 18.1 Å². The second-order valence-electron chi connectivity index (χ2n) is 14.6. The molecule has 0 aromatic rings. The van der Waals surface area contributed by atoms with Crippen LogP contribution in [0.15, 0.2) is 17.6 Å². The SMILES string of the molecule is C=CCC1C(=O)O[C@@H](CC)[C@@]2(C)OC(=O)N3CCN=C([C@H](C)C[C@](C)(OC)[C@@H](O[C@@H]4O[C@H](C)C[C@H](N(C)C)[C@H]4O)[C@@H](C)C1=O)[C@@H](C)[C@@H]32. The van der Waals surface area contributed by atoms with E-state index in [4.69, 9.17) is 28.7 Å². The van der Waals surface area contributed by atoms with Crippen LogP contribution in [0.3, 0.4) is 0 Å². The summed E-state index contributed by atoms with van der Waals surface area (Å²) in [5.74, 6) is -3.58. The zero-order chi connectivity index (χ0) is 35.0. The van der Waals surface area contributed by atoms with E-state index in [1.165, 1.54) is 6.08 Å². The number of hydrogen-bond donors (Lipinski definition) is 1. The van der Waals surface area contributed by atoms with Crippen molar-refractivity contribution >= 4 is 23.6 Å². The lowest BCUT2D eigenvalue weighted by molar-refractivity contribution is -0.295. The lowest BCUT2D eigenvalue weighted by Gasteiger charge is -2.47. The summed E-state index contributed by atoms with van der Waals surface area (Å²) < 4.78 is 31.4. The Labute approximate surface area is 280 Å². The summed E-state index contributed by atoms with van der Waals surface area (Å²) in [5, 5.41) is 11.4. The van der Waals surface area contributed by atoms with Crippen LogP contribution in [0.1, 0.15) is 74.1 Å². The van der Waals surface area contributed by atoms with E-state index < -0.39 is 71.5 Å². The van der Waals surface area contributed by atoms with Crippen LogP contribution in [-0.4, -0.2) is 127 Å². The van der Waals surface area contributed by atoms with Gasteiger partial charge in [0.15, 0.2) is 17.7 Å². The van der Waals surface area contributed by atoms with E-state index in [9.17, 15) is 19.5 Å². The molecule has 0 aromatic heterocycles. The fourth-order valence-electron chi connectivity index (χ4n) is 8.59. The number of carbonyl (C=O) groups excluding carboxylic acids is 3. The Bertz CT molecular complexity index is 1210. The van der Waals surface area contributed by atoms with Crippen LogP contribution >= 0.6 is 0 Å². The van der Waals surface area contributed by atoms with E-state index in [2.05, 4.69) is 13.5 Å². The van der Waals surface area contributed by atoms with Crippen molar-refractivity contribution in [2.75, 3.05) is 34.3 Å². The number of nitrogens with zero attached hydrogens (tertiary/aromatic N) is 3. The Kier molecular flexibility index (Phi) is 11.6. The summed E-state index contributed by atoms with van der Waals surface area (Å²) in [4.78, 5) is 50.4. The lowest BCUT2D eigenvalue weighted by Crippen LogP contribution is -2.60. The first-order valence-electron chi connectivity index (χ1n) is 17.1. The molecule has 12 nitrogen and oxygen atoms in total. The smallest absolute Gasteiger partial charge is 0.410 e. The number of ketones is 1. The summed E-state index contributed by atoms with van der Waals surface area (Å²) in [6, 6.07) is -0.687. The van der Waals surface area contributed by atoms with Crippen molar-refractivity contribution in [3.63, 3.8) is 0 Å². The van der Waals surface area contributed by atoms with E-state index in [1.54, 1.807) is 18.9 Å². The fourth-order valence-corrected chi connectivity index (χ4v) is 8.59. The number of fused-ring (bicyclic) bond motifs is 1. The molecule has 12 heteroatoms. The van der Waals surface area contributed by atoms with Gasteiger partial charge in [0.05, 0.1) is 30.4 Å². The molecule has 1 unspecified atom stereocenters. The minimum atomic E-state index is -1.18. The van der Waals surface area contributed by atoms with Gasteiger partial charge in [0.2, 0.25) is 0 Å². The molecule has 4 aliphatic rings. The number of hydrogen-bond acceptors (Lipinski definition) is 11. The number of aliphatic hydroxyl groups is 1. The van der Waals surface area contributed by atoms with E-state index in [0.29, 0.717) is 32.4 Å². The number of allylic oxidation sites excluding steroid dienone is 1. The van der Waals surface area contributed by atoms with Crippen molar-refractivity contribution < 1.29 is 43.2 Å². The normalized spacial score (nSPS) is 43.5. The van der Waals surface area contributed by atoms with Crippen LogP contribution in [0, 0.1) is 23.7 Å². The van der Waals surface area contributed by atoms with E-state index in [1.807, 2.05) is 53.6 Å². The number of carbonyl (C=O) groups is 3. The Morgan fingerprint density at radius 1 is 1.15 bits per heavy atom. The average Bonchev–Trinajstić information content (AvgIpc) is 3.14. The molecular formula is C35H57N3O9. The molecule has 3 fully saturated rings. The molecule has 4 heterocycles. The number of aliphatic imine (C=N–C) groups is 1. The first-order chi connectivity index (χ1) is 22.0. The summed E-state index contributed by atoms with van der Waals surface area (Å²) in [5.41, 5.74) is -1.38. The third-order valence-electron chi connectivity index (χ3n) is 11.1. The van der Waals surface area contributed by atoms with E-state index >= 15 is 0 Å². The van der Waals surface area contributed by atoms with Crippen LogP contribution in [0.25, 0.3) is 0 Å². The standard InChI is InChI=1S/C35H57N3O9/c1-12-14-23-27(39)22(6)30(46-32-28(40)24(37(9)10)17-20(4)44-32)34(7,43-11)18-19(3)26-21(5)29-35(8,25(13-2)45-31(23)41)47-33(42)38(29)16-15-36-26/h12,19-25,28-30,32,40H,1,13-18H2,2-11H3/t19-,20-,21-,22+,23?,24+,25+,28-,29-,30+,32+,34+,35-/m1/s1. The summed E-state index contributed by atoms with van der Waals surface area (Å²) >= 11 is 0. The minimum absolute atomic E-state index is 0.0484. The van der Waals surface area contributed by atoms with Crippen LogP contribution in [-0.2, 0) is 33.3 Å². The molecule has 0 aromatic carbocycles. The third-order valence-corrected chi connectivity index (χ3v) is 11.1. The van der Waals surface area contributed by atoms with Crippen molar-refractivity contribution in [3.8, 4) is 0 Å². The van der Waals surface area contributed by atoms with Gasteiger partial charge < -0.3 is 33.7 Å². The predicted octanol–water partition coefficient (Wildman–Crippen LogP) is 3.63. The second-order valence-corrected chi connectivity index (χ2v) is 14.6. The fraction of sp³-hybridized carbons (Fsp3) is 0.829. The predicted molar refractivity (Wildman–Crippen MR) is 176 cm³/mol. The number of aliphatic hydroxyl groups excluding tert-OH is 1. The number of cyclic esters (lactones) is 1. The Morgan fingerprint density at radius 2 is 1.83 bits per heavy atom. The van der Waals surface area contributed by atoms with Gasteiger partial charge >= 0.3 is 12.1 Å². The maximum atomic E-state index is 14.4. The quantitative estimate of drug-likeness (QED) is 0.244. The molecule has 4 aliphatic heterocycles. The molecule has 0 aliphatic carbocycles. The van der Waals surface area contributed by atoms with Gasteiger partial charge in [-0.2, -0.15) is 0 Å². The van der Waals surface area contributed by atoms with Crippen LogP contribution in [0.4, 0.5) is 4.79 Å². The highest BCUT2D eigenvalue weighted by Gasteiger charge is 2.60. The van der Waals surface area contributed by atoms with Crippen LogP contribution in [0.5, 0.6) is 0 Å². The van der Waals surface area contributed by atoms with Gasteiger partial charge in [-0.25, -0.2) is 4.79 Å². The van der Waals surface area contributed by atoms with Gasteiger partial charge in [-0.15, -0.1) is 6.58 Å². The molecule has 47 heavy (non-hydrogen) atoms. The Balaban J connectivity index is 1.85. The number of likely N-dealkylation sites (N-methyl/N-ethyl adjacent to an activating group) is 1. The molecule has 0 radical (unpaired) electrons. The summed E-state index contributed by atoms with van der Waals surface area (Å²) in [6.45, 7) is 17.9. The van der Waals surface area contributed by atoms with Crippen molar-refractivity contribution in [2.24, 2.45) is 28.7 Å². The number of Topliss-reactive ketones (excluding diaryl/α,β-unsaturated/α-hetero) is 1. The topological polar surface area (TPSA) is 136 Å². The van der Waals surface area contributed by atoms with Crippen molar-refractivity contribution in [1.82, 2.24) is 9.80 Å². The largest absolute Gasteiger partial charge is 0.457 e. The molecule has 2 bridgehead atoms. The Morgan fingerprint density at radius 3 is 2.43 bits per heavy atom. The van der Waals surface area contributed by atoms with Gasteiger partial charge in [0, 0.05) is 37.2 Å². The number of esters is 1. The third kappa shape index (κ3) is 7.04. The van der Waals surface area contributed by atoms with E-state index in [-0.39, 0.29) is 30.4 Å². The van der Waals surface area contributed by atoms with Crippen molar-refractivity contribution in [2.45, 2.75) is 128 Å². The average molecular weight is 664 g/mol. The highest BCUT2D eigenvalue weighted by atomic mass is 16.7. The zero-order valence-electron chi connectivity index (χ0n) is 29.9. The first kappa shape index (κ1) is 37.4. The highest BCUT2D eigenvalue weighted by Crippen LogP contribution is 2.44. The summed E-state index contributed by atoms with van der Waals surface area (Å²) in [7, 11) is 5.38. The zero-order valence-corrected chi connectivity index (χ0v) is 29.9. The van der Waals surface area contributed by atoms with Gasteiger partial charge in [0.25, 0.3) is 0 Å². The van der Waals surface area contributed by atoms with Crippen LogP contribution in [0.2, 0.25) is 0 Å². The van der Waals surface area contributed by atoms with Crippen molar-refractivity contribution in [3.05, 3.63) is 12.7 Å². The van der Waals surface area contributed by atoms with Crippen molar-refractivity contribution in [1.29, 1.82) is 0 Å². The molecular weight excluding hydrogens is 606 g/mol. The minimum Gasteiger partial charge on any atom is -0.457 e. The van der Waals surface area contributed by atoms with Gasteiger partial charge in [-0.1, -0.05) is 33.8 Å². The number of rotatable bonds is 7.